The van der Waals surface area contributed by atoms with Gasteiger partial charge in [-0.3, -0.25) is 4.72 Å². The Labute approximate surface area is 150 Å². The monoisotopic (exact) mass is 376 g/mol. The van der Waals surface area contributed by atoms with Crippen LogP contribution in [0.5, 0.6) is 0 Å². The largest absolute Gasteiger partial charge is 0.279 e. The van der Waals surface area contributed by atoms with Gasteiger partial charge in [-0.2, -0.15) is 5.10 Å². The average molecular weight is 377 g/mol. The van der Waals surface area contributed by atoms with Gasteiger partial charge < -0.3 is 0 Å². The van der Waals surface area contributed by atoms with Gasteiger partial charge in [0.1, 0.15) is 0 Å². The lowest BCUT2D eigenvalue weighted by atomic mass is 9.85. The number of hydrogen-bond acceptors (Lipinski definition) is 4. The van der Waals surface area contributed by atoms with Gasteiger partial charge in [-0.05, 0) is 42.7 Å². The summed E-state index contributed by atoms with van der Waals surface area (Å²) in [6.45, 7) is 0. The Hall–Kier alpha value is -2.12. The average Bonchev–Trinajstić information content (AvgIpc) is 2.92. The number of benzene rings is 1. The molecule has 1 N–H and O–H groups in total. The summed E-state index contributed by atoms with van der Waals surface area (Å²) in [5.41, 5.74) is 1.64. The number of aromatic nitrogens is 3. The topological polar surface area (TPSA) is 76.4 Å². The molecule has 0 aliphatic heterocycles. The molecule has 0 saturated heterocycles. The quantitative estimate of drug-likeness (QED) is 0.738. The molecule has 1 aliphatic carbocycles. The van der Waals surface area contributed by atoms with Gasteiger partial charge in [-0.1, -0.05) is 30.2 Å². The van der Waals surface area contributed by atoms with E-state index < -0.39 is 10.0 Å². The van der Waals surface area contributed by atoms with E-state index in [4.69, 9.17) is 11.6 Å². The van der Waals surface area contributed by atoms with E-state index in [0.717, 1.165) is 18.7 Å². The number of nitrogens with one attached hydrogen (secondary N) is 1. The summed E-state index contributed by atoms with van der Waals surface area (Å²) < 4.78 is 29.3. The number of sulfonamides is 1. The minimum absolute atomic E-state index is 0.130. The first-order valence-corrected chi connectivity index (χ1v) is 10.1. The second kappa shape index (κ2) is 6.31. The number of hydrogen-bond donors (Lipinski definition) is 1. The van der Waals surface area contributed by atoms with Gasteiger partial charge >= 0.3 is 0 Å². The van der Waals surface area contributed by atoms with Gasteiger partial charge in [0.05, 0.1) is 11.4 Å². The second-order valence-electron chi connectivity index (χ2n) is 6.28. The molecule has 0 radical (unpaired) electrons. The van der Waals surface area contributed by atoms with E-state index in [0.29, 0.717) is 27.8 Å². The summed E-state index contributed by atoms with van der Waals surface area (Å²) in [5.74, 6) is 1.04. The molecule has 8 heteroatoms. The van der Waals surface area contributed by atoms with Crippen molar-refractivity contribution < 1.29 is 8.42 Å². The van der Waals surface area contributed by atoms with E-state index in [-0.39, 0.29) is 5.75 Å². The predicted molar refractivity (Wildman–Crippen MR) is 97.3 cm³/mol. The summed E-state index contributed by atoms with van der Waals surface area (Å²) in [6.07, 6.45) is 5.16. The van der Waals surface area contributed by atoms with Crippen LogP contribution in [0.2, 0.25) is 5.02 Å². The molecule has 1 aromatic carbocycles. The van der Waals surface area contributed by atoms with Crippen LogP contribution in [-0.2, 0) is 15.8 Å². The van der Waals surface area contributed by atoms with Gasteiger partial charge in [-0.25, -0.2) is 17.9 Å². The number of nitrogens with zero attached hydrogens (tertiary/aromatic N) is 3. The van der Waals surface area contributed by atoms with E-state index in [9.17, 15) is 8.42 Å². The van der Waals surface area contributed by atoms with Gasteiger partial charge in [0.2, 0.25) is 10.0 Å². The first-order chi connectivity index (χ1) is 12.0. The molecule has 0 amide bonds. The van der Waals surface area contributed by atoms with Crippen molar-refractivity contribution in [1.29, 1.82) is 0 Å². The van der Waals surface area contributed by atoms with Crippen molar-refractivity contribution in [3.05, 3.63) is 59.0 Å². The molecule has 130 valence electrons. The first kappa shape index (κ1) is 16.4. The highest BCUT2D eigenvalue weighted by Crippen LogP contribution is 2.35. The standard InChI is InChI=1S/C17H17ClN4O2S/c18-14-8-6-12(7-9-14)11-25(23,24)21-15-5-2-10-22-17(15)19-16(20-22)13-3-1-4-13/h2,5-10,13,21H,1,3-4,11H2. The van der Waals surface area contributed by atoms with Crippen LogP contribution in [0.25, 0.3) is 5.65 Å². The molecule has 3 aromatic rings. The molecule has 25 heavy (non-hydrogen) atoms. The van der Waals surface area contributed by atoms with E-state index >= 15 is 0 Å². The molecule has 4 rings (SSSR count). The van der Waals surface area contributed by atoms with Gasteiger partial charge in [0.15, 0.2) is 11.5 Å². The Balaban J connectivity index is 1.60. The Kier molecular flexibility index (Phi) is 4.13. The Bertz CT molecular complexity index is 1010. The molecule has 0 unspecified atom stereocenters. The summed E-state index contributed by atoms with van der Waals surface area (Å²) in [7, 11) is -3.57. The molecular formula is C17H17ClN4O2S. The Morgan fingerprint density at radius 3 is 2.64 bits per heavy atom. The van der Waals surface area contributed by atoms with Crippen molar-refractivity contribution in [1.82, 2.24) is 14.6 Å². The fourth-order valence-corrected chi connectivity index (χ4v) is 4.17. The molecule has 0 atom stereocenters. The molecular weight excluding hydrogens is 360 g/mol. The van der Waals surface area contributed by atoms with Crippen LogP contribution in [-0.4, -0.2) is 23.0 Å². The molecule has 2 heterocycles. The lowest BCUT2D eigenvalue weighted by Gasteiger charge is -2.21. The fourth-order valence-electron chi connectivity index (χ4n) is 2.85. The van der Waals surface area contributed by atoms with Crippen molar-refractivity contribution >= 4 is 33.0 Å². The van der Waals surface area contributed by atoms with E-state index in [1.54, 1.807) is 47.1 Å². The SMILES string of the molecule is O=S(=O)(Cc1ccc(Cl)cc1)Nc1cccn2nc(C3CCC3)nc12. The first-order valence-electron chi connectivity index (χ1n) is 8.10. The van der Waals surface area contributed by atoms with E-state index in [1.807, 2.05) is 0 Å². The minimum Gasteiger partial charge on any atom is -0.279 e. The highest BCUT2D eigenvalue weighted by atomic mass is 35.5. The van der Waals surface area contributed by atoms with Crippen molar-refractivity contribution in [2.75, 3.05) is 4.72 Å². The summed E-state index contributed by atoms with van der Waals surface area (Å²) >= 11 is 5.84. The zero-order chi connectivity index (χ0) is 17.4. The third-order valence-corrected chi connectivity index (χ3v) is 5.88. The fraction of sp³-hybridized carbons (Fsp3) is 0.294. The summed E-state index contributed by atoms with van der Waals surface area (Å²) in [4.78, 5) is 4.54. The maximum absolute atomic E-state index is 12.5. The van der Waals surface area contributed by atoms with Crippen LogP contribution in [0.1, 0.15) is 36.6 Å². The Morgan fingerprint density at radius 2 is 1.96 bits per heavy atom. The summed E-state index contributed by atoms with van der Waals surface area (Å²) in [5, 5.41) is 5.05. The molecule has 1 aliphatic rings. The number of anilines is 1. The smallest absolute Gasteiger partial charge is 0.237 e. The number of halogens is 1. The summed E-state index contributed by atoms with van der Waals surface area (Å²) in [6, 6.07) is 10.2. The van der Waals surface area contributed by atoms with Crippen molar-refractivity contribution in [2.45, 2.75) is 30.9 Å². The molecule has 0 spiro atoms. The highest BCUT2D eigenvalue weighted by Gasteiger charge is 2.24. The molecule has 6 nitrogen and oxygen atoms in total. The van der Waals surface area contributed by atoms with Crippen LogP contribution >= 0.6 is 11.6 Å². The number of fused-ring (bicyclic) bond motifs is 1. The Morgan fingerprint density at radius 1 is 1.20 bits per heavy atom. The van der Waals surface area contributed by atoms with Crippen LogP contribution in [0.4, 0.5) is 5.69 Å². The molecule has 1 saturated carbocycles. The van der Waals surface area contributed by atoms with Crippen LogP contribution < -0.4 is 4.72 Å². The van der Waals surface area contributed by atoms with Gasteiger partial charge in [0.25, 0.3) is 0 Å². The van der Waals surface area contributed by atoms with Crippen molar-refractivity contribution in [2.24, 2.45) is 0 Å². The third-order valence-electron chi connectivity index (χ3n) is 4.38. The van der Waals surface area contributed by atoms with Crippen molar-refractivity contribution in [3.8, 4) is 0 Å². The molecule has 1 fully saturated rings. The zero-order valence-corrected chi connectivity index (χ0v) is 15.0. The maximum Gasteiger partial charge on any atom is 0.237 e. The third kappa shape index (κ3) is 3.48. The van der Waals surface area contributed by atoms with E-state index in [1.165, 1.54) is 6.42 Å². The zero-order valence-electron chi connectivity index (χ0n) is 13.4. The lowest BCUT2D eigenvalue weighted by Crippen LogP contribution is -2.15. The van der Waals surface area contributed by atoms with Gasteiger partial charge in [0, 0.05) is 17.1 Å². The van der Waals surface area contributed by atoms with E-state index in [2.05, 4.69) is 14.8 Å². The predicted octanol–water partition coefficient (Wildman–Crippen LogP) is 3.59. The van der Waals surface area contributed by atoms with Crippen LogP contribution in [0, 0.1) is 0 Å². The van der Waals surface area contributed by atoms with Gasteiger partial charge in [-0.15, -0.1) is 0 Å². The lowest BCUT2D eigenvalue weighted by molar-refractivity contribution is 0.402. The number of pyridine rings is 1. The minimum atomic E-state index is -3.57. The van der Waals surface area contributed by atoms with Crippen molar-refractivity contribution in [3.63, 3.8) is 0 Å². The molecule has 2 aromatic heterocycles. The second-order valence-corrected chi connectivity index (χ2v) is 8.43. The van der Waals surface area contributed by atoms with Crippen LogP contribution in [0.3, 0.4) is 0 Å². The molecule has 0 bridgehead atoms. The normalized spacial score (nSPS) is 15.2. The number of rotatable bonds is 5. The maximum atomic E-state index is 12.5. The van der Waals surface area contributed by atoms with Crippen LogP contribution in [0.15, 0.2) is 42.6 Å². The highest BCUT2D eigenvalue weighted by molar-refractivity contribution is 7.91.